The molecule has 1 heterocycles. The van der Waals surface area contributed by atoms with Crippen LogP contribution < -0.4 is 5.32 Å². The van der Waals surface area contributed by atoms with E-state index in [0.717, 1.165) is 6.20 Å². The molecule has 1 amide bonds. The minimum absolute atomic E-state index is 0.105. The Hall–Kier alpha value is -2.12. The van der Waals surface area contributed by atoms with Gasteiger partial charge in [-0.15, -0.1) is 0 Å². The molecule has 0 aliphatic rings. The van der Waals surface area contributed by atoms with Gasteiger partial charge in [0.25, 0.3) is 0 Å². The van der Waals surface area contributed by atoms with Crippen LogP contribution in [0.5, 0.6) is 0 Å². The standard InChI is InChI=1S/C7H10N4O4/c1-5-9-4-6(11(14)15)10(5)3-2-8-7(12)13/h4,8H,2-3H2,1H3,(H,12,13). The highest BCUT2D eigenvalue weighted by atomic mass is 16.6. The van der Waals surface area contributed by atoms with Crippen LogP contribution in [0, 0.1) is 17.0 Å². The third-order valence-electron chi connectivity index (χ3n) is 1.83. The van der Waals surface area contributed by atoms with Gasteiger partial charge < -0.3 is 20.5 Å². The number of rotatable bonds is 4. The smallest absolute Gasteiger partial charge is 0.404 e. The monoisotopic (exact) mass is 214 g/mol. The molecule has 0 spiro atoms. The second kappa shape index (κ2) is 4.40. The van der Waals surface area contributed by atoms with Gasteiger partial charge in [0.05, 0.1) is 6.54 Å². The summed E-state index contributed by atoms with van der Waals surface area (Å²) >= 11 is 0. The van der Waals surface area contributed by atoms with Crippen molar-refractivity contribution in [3.05, 3.63) is 22.1 Å². The zero-order valence-corrected chi connectivity index (χ0v) is 8.01. The van der Waals surface area contributed by atoms with E-state index in [-0.39, 0.29) is 18.9 Å². The first-order valence-corrected chi connectivity index (χ1v) is 4.15. The van der Waals surface area contributed by atoms with Crippen molar-refractivity contribution in [2.75, 3.05) is 6.54 Å². The van der Waals surface area contributed by atoms with Crippen LogP contribution in [0.15, 0.2) is 6.20 Å². The summed E-state index contributed by atoms with van der Waals surface area (Å²) in [5.74, 6) is 0.341. The Balaban J connectivity index is 2.70. The van der Waals surface area contributed by atoms with Gasteiger partial charge in [-0.2, -0.15) is 0 Å². The van der Waals surface area contributed by atoms with Crippen LogP contribution in [0.4, 0.5) is 10.6 Å². The summed E-state index contributed by atoms with van der Waals surface area (Å²) < 4.78 is 1.34. The van der Waals surface area contributed by atoms with Gasteiger partial charge in [-0.25, -0.2) is 14.3 Å². The van der Waals surface area contributed by atoms with E-state index in [4.69, 9.17) is 5.11 Å². The molecule has 0 saturated carbocycles. The van der Waals surface area contributed by atoms with Gasteiger partial charge in [-0.3, -0.25) is 0 Å². The lowest BCUT2D eigenvalue weighted by atomic mass is 10.5. The van der Waals surface area contributed by atoms with Crippen molar-refractivity contribution < 1.29 is 14.8 Å². The third kappa shape index (κ3) is 2.66. The quantitative estimate of drug-likeness (QED) is 0.555. The Morgan fingerprint density at radius 3 is 3.00 bits per heavy atom. The minimum Gasteiger partial charge on any atom is -0.465 e. The number of aryl methyl sites for hydroxylation is 1. The number of nitro groups is 1. The van der Waals surface area contributed by atoms with Crippen molar-refractivity contribution >= 4 is 11.9 Å². The molecule has 1 aromatic rings. The third-order valence-corrected chi connectivity index (χ3v) is 1.83. The summed E-state index contributed by atoms with van der Waals surface area (Å²) in [5, 5.41) is 21.0. The Morgan fingerprint density at radius 2 is 2.47 bits per heavy atom. The van der Waals surface area contributed by atoms with Gasteiger partial charge in [-0.1, -0.05) is 0 Å². The molecule has 1 rings (SSSR count). The second-order valence-corrected chi connectivity index (χ2v) is 2.80. The van der Waals surface area contributed by atoms with E-state index < -0.39 is 11.0 Å². The highest BCUT2D eigenvalue weighted by Gasteiger charge is 2.16. The molecular formula is C7H10N4O4. The Bertz CT molecular complexity index is 386. The Morgan fingerprint density at radius 1 is 1.80 bits per heavy atom. The highest BCUT2D eigenvalue weighted by Crippen LogP contribution is 2.12. The van der Waals surface area contributed by atoms with E-state index in [2.05, 4.69) is 10.3 Å². The largest absolute Gasteiger partial charge is 0.465 e. The number of nitrogens with zero attached hydrogens (tertiary/aromatic N) is 3. The van der Waals surface area contributed by atoms with Crippen LogP contribution >= 0.6 is 0 Å². The predicted molar refractivity (Wildman–Crippen MR) is 49.6 cm³/mol. The fourth-order valence-electron chi connectivity index (χ4n) is 1.15. The summed E-state index contributed by atoms with van der Waals surface area (Å²) in [4.78, 5) is 23.9. The molecule has 0 saturated heterocycles. The van der Waals surface area contributed by atoms with E-state index in [1.807, 2.05) is 0 Å². The number of aromatic nitrogens is 2. The van der Waals surface area contributed by atoms with Crippen LogP contribution in [-0.4, -0.2) is 32.2 Å². The SMILES string of the molecule is Cc1ncc([N+](=O)[O-])n1CCNC(=O)O. The van der Waals surface area contributed by atoms with E-state index in [1.165, 1.54) is 4.57 Å². The lowest BCUT2D eigenvalue weighted by Crippen LogP contribution is -2.25. The number of hydrogen-bond donors (Lipinski definition) is 2. The van der Waals surface area contributed by atoms with E-state index >= 15 is 0 Å². The van der Waals surface area contributed by atoms with Crippen molar-refractivity contribution in [1.82, 2.24) is 14.9 Å². The normalized spacial score (nSPS) is 9.93. The lowest BCUT2D eigenvalue weighted by molar-refractivity contribution is -0.392. The van der Waals surface area contributed by atoms with Gasteiger partial charge >= 0.3 is 11.9 Å². The first kappa shape index (κ1) is 11.0. The summed E-state index contributed by atoms with van der Waals surface area (Å²) in [6, 6.07) is 0. The van der Waals surface area contributed by atoms with E-state index in [9.17, 15) is 14.9 Å². The molecule has 0 atom stereocenters. The highest BCUT2D eigenvalue weighted by molar-refractivity contribution is 5.64. The number of imidazole rings is 1. The lowest BCUT2D eigenvalue weighted by Gasteiger charge is -2.02. The topological polar surface area (TPSA) is 110 Å². The van der Waals surface area contributed by atoms with E-state index in [1.54, 1.807) is 6.92 Å². The predicted octanol–water partition coefficient (Wildman–Crippen LogP) is 0.367. The van der Waals surface area contributed by atoms with Crippen LogP contribution in [0.3, 0.4) is 0 Å². The van der Waals surface area contributed by atoms with Gasteiger partial charge in [0.2, 0.25) is 0 Å². The molecule has 0 aliphatic carbocycles. The molecule has 8 heteroatoms. The molecule has 15 heavy (non-hydrogen) atoms. The van der Waals surface area contributed by atoms with Crippen molar-refractivity contribution in [3.63, 3.8) is 0 Å². The van der Waals surface area contributed by atoms with Gasteiger partial charge in [0.15, 0.2) is 5.82 Å². The number of amides is 1. The number of carboxylic acid groups (broad SMARTS) is 1. The van der Waals surface area contributed by atoms with Crippen molar-refractivity contribution in [2.45, 2.75) is 13.5 Å². The summed E-state index contributed by atoms with van der Waals surface area (Å²) in [7, 11) is 0. The van der Waals surface area contributed by atoms with Crippen molar-refractivity contribution in [3.8, 4) is 0 Å². The molecule has 0 aromatic carbocycles. The molecule has 0 unspecified atom stereocenters. The fraction of sp³-hybridized carbons (Fsp3) is 0.429. The maximum atomic E-state index is 10.5. The number of nitrogens with one attached hydrogen (secondary N) is 1. The van der Waals surface area contributed by atoms with Crippen LogP contribution in [0.25, 0.3) is 0 Å². The number of carbonyl (C=O) groups is 1. The summed E-state index contributed by atoms with van der Waals surface area (Å²) in [6.45, 7) is 1.91. The molecule has 0 bridgehead atoms. The first-order chi connectivity index (χ1) is 7.02. The zero-order chi connectivity index (χ0) is 11.4. The number of hydrogen-bond acceptors (Lipinski definition) is 4. The minimum atomic E-state index is -1.16. The molecule has 0 fully saturated rings. The van der Waals surface area contributed by atoms with Gasteiger partial charge in [0.1, 0.15) is 12.7 Å². The fourth-order valence-corrected chi connectivity index (χ4v) is 1.15. The van der Waals surface area contributed by atoms with Gasteiger partial charge in [0, 0.05) is 6.92 Å². The molecule has 82 valence electrons. The van der Waals surface area contributed by atoms with Gasteiger partial charge in [-0.05, 0) is 4.92 Å². The second-order valence-electron chi connectivity index (χ2n) is 2.80. The van der Waals surface area contributed by atoms with Crippen LogP contribution in [0.1, 0.15) is 5.82 Å². The summed E-state index contributed by atoms with van der Waals surface area (Å²) in [6.07, 6.45) is -0.00811. The van der Waals surface area contributed by atoms with E-state index in [0.29, 0.717) is 5.82 Å². The Labute approximate surface area is 84.7 Å². The zero-order valence-electron chi connectivity index (χ0n) is 8.01. The molecular weight excluding hydrogens is 204 g/mol. The van der Waals surface area contributed by atoms with Crippen LogP contribution in [0.2, 0.25) is 0 Å². The molecule has 0 aliphatic heterocycles. The maximum Gasteiger partial charge on any atom is 0.404 e. The summed E-state index contributed by atoms with van der Waals surface area (Å²) in [5.41, 5.74) is 0. The molecule has 1 aromatic heterocycles. The van der Waals surface area contributed by atoms with Crippen LogP contribution in [-0.2, 0) is 6.54 Å². The first-order valence-electron chi connectivity index (χ1n) is 4.15. The maximum absolute atomic E-state index is 10.5. The molecule has 0 radical (unpaired) electrons. The van der Waals surface area contributed by atoms with Crippen molar-refractivity contribution in [2.24, 2.45) is 0 Å². The average Bonchev–Trinajstić information content (AvgIpc) is 2.47. The Kier molecular flexibility index (Phi) is 3.21. The molecule has 8 nitrogen and oxygen atoms in total. The average molecular weight is 214 g/mol. The molecule has 2 N–H and O–H groups in total. The van der Waals surface area contributed by atoms with Crippen molar-refractivity contribution in [1.29, 1.82) is 0 Å².